The number of methoxy groups -OCH3 is 1. The molecule has 0 heterocycles. The average Bonchev–Trinajstić information content (AvgIpc) is 2.28. The van der Waals surface area contributed by atoms with Gasteiger partial charge in [0.15, 0.2) is 0 Å². The van der Waals surface area contributed by atoms with Gasteiger partial charge in [-0.3, -0.25) is 4.79 Å². The molecule has 3 heteroatoms. The number of hydrogen-bond acceptors (Lipinski definition) is 2. The molecule has 17 heavy (non-hydrogen) atoms. The van der Waals surface area contributed by atoms with Crippen LogP contribution in [0.25, 0.3) is 0 Å². The Morgan fingerprint density at radius 1 is 1.59 bits per heavy atom. The van der Waals surface area contributed by atoms with Crippen molar-refractivity contribution in [3.63, 3.8) is 0 Å². The highest BCUT2D eigenvalue weighted by atomic mass is 16.5. The summed E-state index contributed by atoms with van der Waals surface area (Å²) in [7, 11) is 1.65. The van der Waals surface area contributed by atoms with Crippen LogP contribution in [0, 0.1) is 11.3 Å². The van der Waals surface area contributed by atoms with Gasteiger partial charge in [-0.05, 0) is 19.8 Å². The second-order valence-electron chi connectivity index (χ2n) is 4.70. The first-order valence-electron chi connectivity index (χ1n) is 6.16. The van der Waals surface area contributed by atoms with E-state index < -0.39 is 11.4 Å². The summed E-state index contributed by atoms with van der Waals surface area (Å²) in [6, 6.07) is 0. The van der Waals surface area contributed by atoms with E-state index in [1.54, 1.807) is 7.11 Å². The van der Waals surface area contributed by atoms with Crippen LogP contribution in [0.5, 0.6) is 0 Å². The van der Waals surface area contributed by atoms with Gasteiger partial charge in [0.25, 0.3) is 0 Å². The first kappa shape index (κ1) is 14.0. The molecule has 0 fully saturated rings. The fourth-order valence-electron chi connectivity index (χ4n) is 2.73. The third-order valence-electron chi connectivity index (χ3n) is 3.60. The quantitative estimate of drug-likeness (QED) is 0.773. The molecule has 96 valence electrons. The van der Waals surface area contributed by atoms with Gasteiger partial charge in [0.05, 0.1) is 5.41 Å². The van der Waals surface area contributed by atoms with Crippen molar-refractivity contribution in [1.82, 2.24) is 0 Å². The third kappa shape index (κ3) is 2.78. The van der Waals surface area contributed by atoms with Crippen molar-refractivity contribution in [2.24, 2.45) is 11.3 Å². The average molecular weight is 238 g/mol. The molecule has 2 atom stereocenters. The summed E-state index contributed by atoms with van der Waals surface area (Å²) in [6.07, 6.45) is 8.05. The lowest BCUT2D eigenvalue weighted by atomic mass is 9.66. The lowest BCUT2D eigenvalue weighted by Gasteiger charge is -2.37. The normalized spacial score (nSPS) is 27.9. The molecule has 0 aromatic rings. The van der Waals surface area contributed by atoms with E-state index in [0.717, 1.165) is 18.4 Å². The molecule has 0 aliphatic heterocycles. The zero-order chi connectivity index (χ0) is 12.9. The monoisotopic (exact) mass is 238 g/mol. The number of carboxylic acid groups (broad SMARTS) is 1. The van der Waals surface area contributed by atoms with E-state index in [4.69, 9.17) is 4.74 Å². The van der Waals surface area contributed by atoms with Gasteiger partial charge in [0.1, 0.15) is 0 Å². The van der Waals surface area contributed by atoms with Crippen molar-refractivity contribution in [3.05, 3.63) is 23.8 Å². The number of ether oxygens (including phenoxy) is 1. The molecule has 1 aliphatic rings. The Bertz CT molecular complexity index is 330. The van der Waals surface area contributed by atoms with E-state index in [9.17, 15) is 9.90 Å². The molecule has 0 spiro atoms. The number of carboxylic acids is 1. The lowest BCUT2D eigenvalue weighted by Crippen LogP contribution is -2.39. The topological polar surface area (TPSA) is 46.5 Å². The molecule has 0 bridgehead atoms. The molecule has 0 amide bonds. The second kappa shape index (κ2) is 6.01. The fourth-order valence-corrected chi connectivity index (χ4v) is 2.73. The van der Waals surface area contributed by atoms with Crippen LogP contribution in [-0.4, -0.2) is 24.8 Å². The lowest BCUT2D eigenvalue weighted by molar-refractivity contribution is -0.149. The summed E-state index contributed by atoms with van der Waals surface area (Å²) >= 11 is 0. The molecule has 3 nitrogen and oxygen atoms in total. The zero-order valence-electron chi connectivity index (χ0n) is 10.9. The van der Waals surface area contributed by atoms with Crippen molar-refractivity contribution < 1.29 is 14.6 Å². The van der Waals surface area contributed by atoms with Gasteiger partial charge in [0.2, 0.25) is 0 Å². The van der Waals surface area contributed by atoms with Crippen LogP contribution in [-0.2, 0) is 9.53 Å². The molecule has 2 unspecified atom stereocenters. The van der Waals surface area contributed by atoms with Crippen molar-refractivity contribution in [2.45, 2.75) is 33.1 Å². The summed E-state index contributed by atoms with van der Waals surface area (Å²) in [6.45, 7) is 4.64. The standard InChI is InChI=1S/C14H22O3/c1-4-8-14(13(15)16)9-5-6-11(2)12(14)7-10-17-3/h5-6,9,12H,4,7-8,10H2,1-3H3,(H,15,16). The summed E-state index contributed by atoms with van der Waals surface area (Å²) in [5.74, 6) is -0.672. The second-order valence-corrected chi connectivity index (χ2v) is 4.70. The highest BCUT2D eigenvalue weighted by molar-refractivity contribution is 5.78. The number of allylic oxidation sites excluding steroid dienone is 3. The van der Waals surface area contributed by atoms with Crippen LogP contribution in [0.15, 0.2) is 23.8 Å². The Morgan fingerprint density at radius 2 is 2.29 bits per heavy atom. The molecule has 1 rings (SSSR count). The molecule has 1 aliphatic carbocycles. The van der Waals surface area contributed by atoms with Crippen molar-refractivity contribution in [3.8, 4) is 0 Å². The minimum atomic E-state index is -0.744. The summed E-state index contributed by atoms with van der Waals surface area (Å²) in [5.41, 5.74) is 0.395. The van der Waals surface area contributed by atoms with Gasteiger partial charge in [-0.25, -0.2) is 0 Å². The summed E-state index contributed by atoms with van der Waals surface area (Å²) in [4.78, 5) is 11.7. The molecule has 1 N–H and O–H groups in total. The maximum absolute atomic E-state index is 11.7. The first-order chi connectivity index (χ1) is 8.08. The predicted molar refractivity (Wildman–Crippen MR) is 67.9 cm³/mol. The maximum atomic E-state index is 11.7. The third-order valence-corrected chi connectivity index (χ3v) is 3.60. The number of carbonyl (C=O) groups is 1. The van der Waals surface area contributed by atoms with Gasteiger partial charge >= 0.3 is 5.97 Å². The summed E-state index contributed by atoms with van der Waals surface area (Å²) in [5, 5.41) is 9.59. The van der Waals surface area contributed by atoms with E-state index in [0.29, 0.717) is 13.0 Å². The van der Waals surface area contributed by atoms with Crippen LogP contribution < -0.4 is 0 Å². The van der Waals surface area contributed by atoms with Crippen LogP contribution >= 0.6 is 0 Å². The molecular weight excluding hydrogens is 216 g/mol. The van der Waals surface area contributed by atoms with Gasteiger partial charge in [-0.2, -0.15) is 0 Å². The van der Waals surface area contributed by atoms with E-state index in [1.807, 2.05) is 32.1 Å². The minimum absolute atomic E-state index is 0.0462. The summed E-state index contributed by atoms with van der Waals surface area (Å²) < 4.78 is 5.10. The number of aliphatic carboxylic acids is 1. The Kier molecular flexibility index (Phi) is 4.94. The molecule has 0 saturated heterocycles. The van der Waals surface area contributed by atoms with Crippen LogP contribution in [0.3, 0.4) is 0 Å². The Morgan fingerprint density at radius 3 is 2.82 bits per heavy atom. The maximum Gasteiger partial charge on any atom is 0.314 e. The number of rotatable bonds is 6. The zero-order valence-corrected chi connectivity index (χ0v) is 10.9. The van der Waals surface area contributed by atoms with Crippen molar-refractivity contribution >= 4 is 5.97 Å². The van der Waals surface area contributed by atoms with Crippen LogP contribution in [0.2, 0.25) is 0 Å². The molecule has 0 aromatic heterocycles. The van der Waals surface area contributed by atoms with E-state index in [2.05, 4.69) is 0 Å². The molecule has 0 saturated carbocycles. The number of hydrogen-bond donors (Lipinski definition) is 1. The Hall–Kier alpha value is -1.09. The van der Waals surface area contributed by atoms with Crippen LogP contribution in [0.4, 0.5) is 0 Å². The van der Waals surface area contributed by atoms with E-state index in [-0.39, 0.29) is 5.92 Å². The smallest absolute Gasteiger partial charge is 0.314 e. The van der Waals surface area contributed by atoms with Gasteiger partial charge in [-0.15, -0.1) is 0 Å². The Balaban J connectivity index is 3.02. The molecule has 0 aromatic carbocycles. The van der Waals surface area contributed by atoms with E-state index >= 15 is 0 Å². The first-order valence-corrected chi connectivity index (χ1v) is 6.16. The predicted octanol–water partition coefficient (Wildman–Crippen LogP) is 3.03. The largest absolute Gasteiger partial charge is 0.481 e. The van der Waals surface area contributed by atoms with Gasteiger partial charge < -0.3 is 9.84 Å². The SMILES string of the molecule is CCCC1(C(=O)O)C=CC=C(C)C1CCOC. The fraction of sp³-hybridized carbons (Fsp3) is 0.643. The molecular formula is C14H22O3. The highest BCUT2D eigenvalue weighted by Crippen LogP contribution is 2.43. The van der Waals surface area contributed by atoms with Crippen LogP contribution in [0.1, 0.15) is 33.1 Å². The Labute approximate surface area is 103 Å². The van der Waals surface area contributed by atoms with Crippen molar-refractivity contribution in [1.29, 1.82) is 0 Å². The highest BCUT2D eigenvalue weighted by Gasteiger charge is 2.44. The van der Waals surface area contributed by atoms with Crippen molar-refractivity contribution in [2.75, 3.05) is 13.7 Å². The van der Waals surface area contributed by atoms with Gasteiger partial charge in [0, 0.05) is 19.6 Å². The van der Waals surface area contributed by atoms with E-state index in [1.165, 1.54) is 0 Å². The molecule has 0 radical (unpaired) electrons. The minimum Gasteiger partial charge on any atom is -0.481 e. The van der Waals surface area contributed by atoms with Gasteiger partial charge in [-0.1, -0.05) is 37.1 Å².